The van der Waals surface area contributed by atoms with Crippen molar-refractivity contribution in [3.8, 4) is 0 Å². The predicted molar refractivity (Wildman–Crippen MR) is 141 cm³/mol. The van der Waals surface area contributed by atoms with E-state index in [9.17, 15) is 45.6 Å². The van der Waals surface area contributed by atoms with Crippen LogP contribution < -0.4 is 0 Å². The SMILES string of the molecule is C[C@@]12C[C@@]3(O)O[C@@H](O1)[C@]1(COC(=O)c4ccccc4)[C@H]3C[C@@]12O[C@@H]1O[C@H](CO)[C@@H](O[C@H]2O[C@H](CO)[C@@H](O)[C@H](O)[C@H]2O)[C@H](O)[C@H]1O. The Kier molecular flexibility index (Phi) is 7.63. The van der Waals surface area contributed by atoms with Gasteiger partial charge in [0.15, 0.2) is 24.7 Å². The van der Waals surface area contributed by atoms with Crippen molar-refractivity contribution in [1.82, 2.24) is 0 Å². The zero-order valence-electron chi connectivity index (χ0n) is 24.2. The molecule has 0 aromatic heterocycles. The molecule has 16 nitrogen and oxygen atoms in total. The molecule has 8 N–H and O–H groups in total. The quantitative estimate of drug-likeness (QED) is 0.122. The first-order chi connectivity index (χ1) is 21.3. The summed E-state index contributed by atoms with van der Waals surface area (Å²) in [4.78, 5) is 12.9. The summed E-state index contributed by atoms with van der Waals surface area (Å²) >= 11 is 0. The van der Waals surface area contributed by atoms with Crippen molar-refractivity contribution in [2.45, 2.75) is 104 Å². The first-order valence-electron chi connectivity index (χ1n) is 14.9. The molecule has 0 amide bonds. The van der Waals surface area contributed by atoms with Crippen molar-refractivity contribution in [2.75, 3.05) is 19.8 Å². The summed E-state index contributed by atoms with van der Waals surface area (Å²) in [6.45, 7) is -0.0154. The van der Waals surface area contributed by atoms with Gasteiger partial charge in [-0.3, -0.25) is 0 Å². The number of esters is 1. The molecule has 8 fully saturated rings. The van der Waals surface area contributed by atoms with Crippen LogP contribution in [0.5, 0.6) is 0 Å². The number of rotatable bonds is 9. The second-order valence-corrected chi connectivity index (χ2v) is 13.0. The van der Waals surface area contributed by atoms with Gasteiger partial charge in [-0.15, -0.1) is 0 Å². The summed E-state index contributed by atoms with van der Waals surface area (Å²) in [5.74, 6) is -2.73. The van der Waals surface area contributed by atoms with E-state index < -0.39 is 115 Å². The minimum absolute atomic E-state index is 0.00713. The lowest BCUT2D eigenvalue weighted by Gasteiger charge is -2.67. The standard InChI is InChI=1S/C29H38O16/c1-26-10-28(38)15-7-29(26,27(15,25(44-26)45-28)11-39-22(37)12-5-3-2-4-6-12)43-24-20(36)18(34)21(14(9-31)41-24)42-23-19(35)17(33)16(32)13(8-30)40-23/h2-6,13-21,23-25,30-36,38H,7-11H2,1H3/t13-,14-,15-,16-,17+,18-,19-,20-,21-,23-,24+,25-,26+,27+,28-,29+/m1/s1. The summed E-state index contributed by atoms with van der Waals surface area (Å²) < 4.78 is 41.3. The van der Waals surface area contributed by atoms with Crippen LogP contribution in [0.1, 0.15) is 30.1 Å². The number of benzene rings is 1. The van der Waals surface area contributed by atoms with Crippen molar-refractivity contribution in [3.05, 3.63) is 35.9 Å². The lowest BCUT2D eigenvalue weighted by atomic mass is 9.41. The molecule has 9 rings (SSSR count). The highest BCUT2D eigenvalue weighted by molar-refractivity contribution is 5.89. The third-order valence-electron chi connectivity index (χ3n) is 10.7. The highest BCUT2D eigenvalue weighted by atomic mass is 16.8. The monoisotopic (exact) mass is 642 g/mol. The molecular formula is C29H38O16. The predicted octanol–water partition coefficient (Wildman–Crippen LogP) is -3.53. The van der Waals surface area contributed by atoms with Crippen LogP contribution in [0.15, 0.2) is 30.3 Å². The highest BCUT2D eigenvalue weighted by Gasteiger charge is 2.94. The molecule has 0 spiro atoms. The number of hydrogen-bond acceptors (Lipinski definition) is 16. The molecule has 5 heterocycles. The maximum atomic E-state index is 12.9. The second-order valence-electron chi connectivity index (χ2n) is 13.0. The minimum atomic E-state index is -1.81. The Hall–Kier alpha value is -1.87. The number of aliphatic hydroxyl groups is 8. The van der Waals surface area contributed by atoms with Crippen LogP contribution >= 0.6 is 0 Å². The van der Waals surface area contributed by atoms with Crippen molar-refractivity contribution in [3.63, 3.8) is 0 Å². The van der Waals surface area contributed by atoms with E-state index in [1.165, 1.54) is 0 Å². The van der Waals surface area contributed by atoms with Crippen LogP contribution in [-0.4, -0.2) is 151 Å². The molecule has 8 aliphatic rings. The van der Waals surface area contributed by atoms with Gasteiger partial charge in [-0.2, -0.15) is 0 Å². The van der Waals surface area contributed by atoms with Gasteiger partial charge in [0.05, 0.1) is 24.2 Å². The highest BCUT2D eigenvalue weighted by Crippen LogP contribution is 2.81. The molecule has 1 aromatic rings. The third-order valence-corrected chi connectivity index (χ3v) is 10.7. The topological polar surface area (TPSA) is 244 Å². The second kappa shape index (κ2) is 10.8. The Labute approximate surface area is 256 Å². The molecule has 250 valence electrons. The Morgan fingerprint density at radius 1 is 0.889 bits per heavy atom. The maximum absolute atomic E-state index is 12.9. The van der Waals surface area contributed by atoms with E-state index in [0.29, 0.717) is 5.56 Å². The normalized spacial score (nSPS) is 52.9. The van der Waals surface area contributed by atoms with Crippen LogP contribution in [0.25, 0.3) is 0 Å². The van der Waals surface area contributed by atoms with E-state index in [1.54, 1.807) is 37.3 Å². The minimum Gasteiger partial charge on any atom is -0.461 e. The van der Waals surface area contributed by atoms with E-state index in [-0.39, 0.29) is 19.4 Å². The smallest absolute Gasteiger partial charge is 0.338 e. The summed E-state index contributed by atoms with van der Waals surface area (Å²) in [6.07, 6.45) is -17.1. The van der Waals surface area contributed by atoms with Gasteiger partial charge in [-0.05, 0) is 25.5 Å². The molecule has 0 unspecified atom stereocenters. The Bertz CT molecular complexity index is 1280. The molecule has 0 radical (unpaired) electrons. The van der Waals surface area contributed by atoms with Crippen molar-refractivity contribution >= 4 is 5.97 Å². The first kappa shape index (κ1) is 31.7. The molecule has 5 aliphatic heterocycles. The van der Waals surface area contributed by atoms with Gasteiger partial charge in [0.25, 0.3) is 0 Å². The number of carbonyl (C=O) groups is 1. The summed E-state index contributed by atoms with van der Waals surface area (Å²) in [5, 5.41) is 84.0. The number of carbonyl (C=O) groups excluding carboxylic acids is 1. The van der Waals surface area contributed by atoms with Gasteiger partial charge in [0, 0.05) is 12.3 Å². The fourth-order valence-electron chi connectivity index (χ4n) is 8.36. The Morgan fingerprint density at radius 2 is 1.56 bits per heavy atom. The van der Waals surface area contributed by atoms with Crippen molar-refractivity contribution in [1.29, 1.82) is 0 Å². The first-order valence-corrected chi connectivity index (χ1v) is 14.9. The van der Waals surface area contributed by atoms with Gasteiger partial charge in [0.2, 0.25) is 0 Å². The molecule has 16 atom stereocenters. The fourth-order valence-corrected chi connectivity index (χ4v) is 8.36. The largest absolute Gasteiger partial charge is 0.461 e. The fraction of sp³-hybridized carbons (Fsp3) is 0.759. The average molecular weight is 643 g/mol. The molecule has 45 heavy (non-hydrogen) atoms. The van der Waals surface area contributed by atoms with Gasteiger partial charge in [0.1, 0.15) is 66.6 Å². The molecule has 1 aromatic carbocycles. The summed E-state index contributed by atoms with van der Waals surface area (Å²) in [6, 6.07) is 8.33. The Balaban J connectivity index is 1.12. The average Bonchev–Trinajstić information content (AvgIpc) is 3.21. The Morgan fingerprint density at radius 3 is 2.24 bits per heavy atom. The lowest BCUT2D eigenvalue weighted by molar-refractivity contribution is -0.428. The molecule has 16 heteroatoms. The van der Waals surface area contributed by atoms with Crippen LogP contribution in [0.3, 0.4) is 0 Å². The van der Waals surface area contributed by atoms with E-state index in [4.69, 9.17) is 33.2 Å². The molecule has 3 saturated carbocycles. The van der Waals surface area contributed by atoms with Gasteiger partial charge in [-0.25, -0.2) is 4.79 Å². The van der Waals surface area contributed by atoms with Crippen LogP contribution in [-0.2, 0) is 33.2 Å². The van der Waals surface area contributed by atoms with E-state index >= 15 is 0 Å². The van der Waals surface area contributed by atoms with Crippen LogP contribution in [0, 0.1) is 11.3 Å². The van der Waals surface area contributed by atoms with Crippen molar-refractivity contribution in [2.24, 2.45) is 11.3 Å². The summed E-state index contributed by atoms with van der Waals surface area (Å²) in [5.41, 5.74) is -3.41. The van der Waals surface area contributed by atoms with Gasteiger partial charge < -0.3 is 74.0 Å². The molecule has 3 aliphatic carbocycles. The zero-order valence-corrected chi connectivity index (χ0v) is 24.2. The van der Waals surface area contributed by atoms with Gasteiger partial charge >= 0.3 is 5.97 Å². The molecule has 5 saturated heterocycles. The van der Waals surface area contributed by atoms with Crippen LogP contribution in [0.4, 0.5) is 0 Å². The van der Waals surface area contributed by atoms with Gasteiger partial charge in [-0.1, -0.05) is 18.2 Å². The van der Waals surface area contributed by atoms with E-state index in [2.05, 4.69) is 0 Å². The maximum Gasteiger partial charge on any atom is 0.338 e. The number of hydrogen-bond donors (Lipinski definition) is 8. The molecule has 6 bridgehead atoms. The molecular weight excluding hydrogens is 604 g/mol. The van der Waals surface area contributed by atoms with Crippen molar-refractivity contribution < 1.29 is 78.8 Å². The summed E-state index contributed by atoms with van der Waals surface area (Å²) in [7, 11) is 0. The van der Waals surface area contributed by atoms with Crippen LogP contribution in [0.2, 0.25) is 0 Å². The number of ether oxygens (including phenoxy) is 7. The number of aliphatic hydroxyl groups excluding tert-OH is 7. The third kappa shape index (κ3) is 4.26. The van der Waals surface area contributed by atoms with E-state index in [1.807, 2.05) is 0 Å². The van der Waals surface area contributed by atoms with E-state index in [0.717, 1.165) is 0 Å². The lowest BCUT2D eigenvalue weighted by Crippen LogP contribution is -2.81. The zero-order chi connectivity index (χ0) is 32.1.